The van der Waals surface area contributed by atoms with E-state index < -0.39 is 17.8 Å². The van der Waals surface area contributed by atoms with Gasteiger partial charge in [-0.2, -0.15) is 5.26 Å². The molecule has 9 heteroatoms. The molecule has 1 aliphatic rings. The fourth-order valence-electron chi connectivity index (χ4n) is 3.24. The Hall–Kier alpha value is -3.60. The minimum Gasteiger partial charge on any atom is -0.489 e. The van der Waals surface area contributed by atoms with Crippen molar-refractivity contribution in [1.29, 1.82) is 5.26 Å². The lowest BCUT2D eigenvalue weighted by molar-refractivity contribution is -0.147. The highest BCUT2D eigenvalue weighted by atomic mass is 35.5. The average molecular weight is 499 g/mol. The summed E-state index contributed by atoms with van der Waals surface area (Å²) < 4.78 is 10.6. The highest BCUT2D eigenvalue weighted by Gasteiger charge is 2.35. The Morgan fingerprint density at radius 3 is 2.44 bits per heavy atom. The summed E-state index contributed by atoms with van der Waals surface area (Å²) in [6.07, 6.45) is 1.60. The Balaban J connectivity index is 1.79. The maximum absolute atomic E-state index is 13.0. The summed E-state index contributed by atoms with van der Waals surface area (Å²) in [6.45, 7) is 2.74. The van der Waals surface area contributed by atoms with Crippen LogP contribution in [0.5, 0.6) is 5.75 Å². The average Bonchev–Trinajstić information content (AvgIpc) is 2.79. The van der Waals surface area contributed by atoms with Crippen molar-refractivity contribution in [2.45, 2.75) is 20.5 Å². The third-order valence-electron chi connectivity index (χ3n) is 5.05. The number of benzene rings is 2. The van der Waals surface area contributed by atoms with Gasteiger partial charge in [-0.05, 0) is 48.4 Å². The Morgan fingerprint density at radius 1 is 1.12 bits per heavy atom. The molecule has 0 radical (unpaired) electrons. The number of carbonyl (C=O) groups is 3. The third kappa shape index (κ3) is 5.84. The second-order valence-electron chi connectivity index (χ2n) is 7.37. The van der Waals surface area contributed by atoms with E-state index in [9.17, 15) is 19.6 Å². The molecule has 1 heterocycles. The molecule has 0 aliphatic carbocycles. The molecular weight excluding hydrogens is 479 g/mol. The molecule has 0 fully saturated rings. The van der Waals surface area contributed by atoms with Crippen LogP contribution in [0.15, 0.2) is 59.2 Å². The summed E-state index contributed by atoms with van der Waals surface area (Å²) >= 11 is 12.1. The van der Waals surface area contributed by atoms with Crippen molar-refractivity contribution in [3.05, 3.63) is 80.4 Å². The van der Waals surface area contributed by atoms with Gasteiger partial charge in [-0.3, -0.25) is 19.3 Å². The van der Waals surface area contributed by atoms with E-state index in [4.69, 9.17) is 32.7 Å². The van der Waals surface area contributed by atoms with E-state index >= 15 is 0 Å². The van der Waals surface area contributed by atoms with E-state index in [2.05, 4.69) is 0 Å². The van der Waals surface area contributed by atoms with Crippen molar-refractivity contribution in [1.82, 2.24) is 4.90 Å². The topological polar surface area (TPSA) is 96.7 Å². The van der Waals surface area contributed by atoms with Gasteiger partial charge in [0.2, 0.25) is 0 Å². The summed E-state index contributed by atoms with van der Waals surface area (Å²) in [5, 5.41) is 10.5. The van der Waals surface area contributed by atoms with Crippen LogP contribution < -0.4 is 4.74 Å². The van der Waals surface area contributed by atoms with Gasteiger partial charge in [0.25, 0.3) is 11.8 Å². The van der Waals surface area contributed by atoms with Gasteiger partial charge in [-0.15, -0.1) is 0 Å². The van der Waals surface area contributed by atoms with Crippen LogP contribution in [-0.2, 0) is 25.7 Å². The van der Waals surface area contributed by atoms with Crippen LogP contribution in [0.2, 0.25) is 10.0 Å². The predicted octanol–water partition coefficient (Wildman–Crippen LogP) is 4.73. The van der Waals surface area contributed by atoms with Crippen LogP contribution in [-0.4, -0.2) is 35.8 Å². The molecule has 2 aromatic rings. The molecule has 0 spiro atoms. The van der Waals surface area contributed by atoms with Crippen molar-refractivity contribution in [2.75, 3.05) is 13.2 Å². The van der Waals surface area contributed by atoms with Crippen molar-refractivity contribution in [3.8, 4) is 11.8 Å². The smallest absolute Gasteiger partial charge is 0.302 e. The fourth-order valence-corrected chi connectivity index (χ4v) is 3.70. The first kappa shape index (κ1) is 25.0. The van der Waals surface area contributed by atoms with Crippen molar-refractivity contribution in [2.24, 2.45) is 0 Å². The number of esters is 1. The highest BCUT2D eigenvalue weighted by molar-refractivity contribution is 6.35. The first-order valence-corrected chi connectivity index (χ1v) is 11.0. The minimum atomic E-state index is -0.709. The van der Waals surface area contributed by atoms with Gasteiger partial charge in [0.05, 0.1) is 6.54 Å². The van der Waals surface area contributed by atoms with E-state index in [0.29, 0.717) is 26.9 Å². The molecule has 0 saturated heterocycles. The van der Waals surface area contributed by atoms with Gasteiger partial charge in [0.1, 0.15) is 30.6 Å². The number of halogens is 2. The SMILES string of the molecule is CC(=O)OCCN1C(=O)C(C#N)=C(C)/C(=C\c2ccc(OCc3ccc(Cl)cc3Cl)cc2)C1=O. The lowest BCUT2D eigenvalue weighted by Gasteiger charge is -2.27. The van der Waals surface area contributed by atoms with Gasteiger partial charge >= 0.3 is 5.97 Å². The molecular formula is C25H20Cl2N2O5. The maximum atomic E-state index is 13.0. The van der Waals surface area contributed by atoms with Crippen molar-refractivity contribution >= 4 is 47.1 Å². The maximum Gasteiger partial charge on any atom is 0.302 e. The number of nitriles is 1. The van der Waals surface area contributed by atoms with E-state index in [1.54, 1.807) is 55.5 Å². The lowest BCUT2D eigenvalue weighted by Crippen LogP contribution is -2.44. The van der Waals surface area contributed by atoms with Crippen LogP contribution in [0.4, 0.5) is 0 Å². The summed E-state index contributed by atoms with van der Waals surface area (Å²) in [5.41, 5.74) is 1.83. The Bertz CT molecular complexity index is 1240. The monoisotopic (exact) mass is 498 g/mol. The minimum absolute atomic E-state index is 0.131. The summed E-state index contributed by atoms with van der Waals surface area (Å²) in [6, 6.07) is 14.0. The van der Waals surface area contributed by atoms with E-state index in [1.807, 2.05) is 6.07 Å². The van der Waals surface area contributed by atoms with Crippen molar-refractivity contribution in [3.63, 3.8) is 0 Å². The predicted molar refractivity (Wildman–Crippen MR) is 127 cm³/mol. The Labute approximate surface area is 206 Å². The second kappa shape index (κ2) is 11.0. The zero-order valence-electron chi connectivity index (χ0n) is 18.4. The molecule has 0 aromatic heterocycles. The van der Waals surface area contributed by atoms with Gasteiger partial charge < -0.3 is 9.47 Å². The number of ether oxygens (including phenoxy) is 2. The molecule has 2 aromatic carbocycles. The fraction of sp³-hybridized carbons (Fsp3) is 0.200. The molecule has 3 rings (SSSR count). The Morgan fingerprint density at radius 2 is 1.82 bits per heavy atom. The zero-order valence-corrected chi connectivity index (χ0v) is 19.9. The first-order chi connectivity index (χ1) is 16.2. The molecule has 7 nitrogen and oxygen atoms in total. The number of hydrogen-bond donors (Lipinski definition) is 0. The van der Waals surface area contributed by atoms with Crippen molar-refractivity contribution < 1.29 is 23.9 Å². The quantitative estimate of drug-likeness (QED) is 0.311. The van der Waals surface area contributed by atoms with E-state index in [-0.39, 0.29) is 30.9 Å². The zero-order chi connectivity index (χ0) is 24.8. The summed E-state index contributed by atoms with van der Waals surface area (Å²) in [5.74, 6) is -1.21. The molecule has 34 heavy (non-hydrogen) atoms. The second-order valence-corrected chi connectivity index (χ2v) is 8.21. The number of carbonyl (C=O) groups excluding carboxylic acids is 3. The highest BCUT2D eigenvalue weighted by Crippen LogP contribution is 2.28. The molecule has 0 saturated carbocycles. The van der Waals surface area contributed by atoms with Crippen LogP contribution in [0.1, 0.15) is 25.0 Å². The molecule has 0 N–H and O–H groups in total. The molecule has 0 bridgehead atoms. The number of amides is 2. The molecule has 2 amide bonds. The number of rotatable bonds is 7. The number of imide groups is 1. The lowest BCUT2D eigenvalue weighted by atomic mass is 9.93. The van der Waals surface area contributed by atoms with Gasteiger partial charge in [-0.25, -0.2) is 0 Å². The number of nitrogens with zero attached hydrogens (tertiary/aromatic N) is 2. The molecule has 174 valence electrons. The molecule has 0 unspecified atom stereocenters. The normalized spacial score (nSPS) is 14.9. The van der Waals surface area contributed by atoms with E-state index in [1.165, 1.54) is 6.92 Å². The van der Waals surface area contributed by atoms with Gasteiger partial charge in [0, 0.05) is 28.1 Å². The summed E-state index contributed by atoms with van der Waals surface area (Å²) in [7, 11) is 0. The van der Waals surface area contributed by atoms with Crippen LogP contribution >= 0.6 is 23.2 Å². The first-order valence-electron chi connectivity index (χ1n) is 10.2. The third-order valence-corrected chi connectivity index (χ3v) is 5.63. The summed E-state index contributed by atoms with van der Waals surface area (Å²) in [4.78, 5) is 37.4. The van der Waals surface area contributed by atoms with Gasteiger partial charge in [0.15, 0.2) is 0 Å². The van der Waals surface area contributed by atoms with Crippen LogP contribution in [0.25, 0.3) is 6.08 Å². The Kier molecular flexibility index (Phi) is 8.11. The molecule has 1 aliphatic heterocycles. The van der Waals surface area contributed by atoms with Crippen LogP contribution in [0.3, 0.4) is 0 Å². The largest absolute Gasteiger partial charge is 0.489 e. The number of hydrogen-bond acceptors (Lipinski definition) is 6. The molecule has 0 atom stereocenters. The standard InChI is InChI=1S/C25H20Cl2N2O5/c1-15-21(24(31)29(9-10-33-16(2)30)25(32)22(15)13-28)11-17-3-7-20(8-4-17)34-14-18-5-6-19(26)12-23(18)27/h3-8,11-12H,9-10,14H2,1-2H3/b21-11+. The van der Waals surface area contributed by atoms with E-state index in [0.717, 1.165) is 10.5 Å². The van der Waals surface area contributed by atoms with Crippen LogP contribution in [0, 0.1) is 11.3 Å². The van der Waals surface area contributed by atoms with Gasteiger partial charge in [-0.1, -0.05) is 41.4 Å².